The van der Waals surface area contributed by atoms with E-state index in [2.05, 4.69) is 5.32 Å². The van der Waals surface area contributed by atoms with Gasteiger partial charge in [-0.1, -0.05) is 11.6 Å². The molecule has 1 amide bonds. The lowest BCUT2D eigenvalue weighted by atomic mass is 10.1. The standard InChI is InChI=1S/C17H21ClN2O4/c1-20(2)13(14-6-5-7-24-14)10-19-17(21)11-8-12(18)16(23-4)15(9-11)22-3/h5-9,13H,10H2,1-4H3,(H,19,21). The Morgan fingerprint density at radius 2 is 2.08 bits per heavy atom. The average Bonchev–Trinajstić information content (AvgIpc) is 3.07. The molecule has 7 heteroatoms. The molecule has 1 N–H and O–H groups in total. The molecule has 0 aliphatic heterocycles. The van der Waals surface area contributed by atoms with E-state index >= 15 is 0 Å². The van der Waals surface area contributed by atoms with Crippen LogP contribution in [0.15, 0.2) is 34.9 Å². The predicted molar refractivity (Wildman–Crippen MR) is 92.0 cm³/mol. The number of hydrogen-bond acceptors (Lipinski definition) is 5. The van der Waals surface area contributed by atoms with Gasteiger partial charge < -0.3 is 19.2 Å². The number of rotatable bonds is 7. The molecule has 1 unspecified atom stereocenters. The fourth-order valence-corrected chi connectivity index (χ4v) is 2.65. The minimum absolute atomic E-state index is 0.0698. The van der Waals surface area contributed by atoms with E-state index in [-0.39, 0.29) is 11.9 Å². The fourth-order valence-electron chi connectivity index (χ4n) is 2.36. The van der Waals surface area contributed by atoms with Crippen LogP contribution >= 0.6 is 11.6 Å². The van der Waals surface area contributed by atoms with Crippen LogP contribution in [0.1, 0.15) is 22.2 Å². The maximum absolute atomic E-state index is 12.4. The van der Waals surface area contributed by atoms with Gasteiger partial charge in [-0.2, -0.15) is 0 Å². The first-order chi connectivity index (χ1) is 11.5. The SMILES string of the molecule is COc1cc(C(=O)NCC(c2ccco2)N(C)C)cc(Cl)c1OC. The summed E-state index contributed by atoms with van der Waals surface area (Å²) in [5.74, 6) is 1.34. The van der Waals surface area contributed by atoms with Crippen molar-refractivity contribution < 1.29 is 18.7 Å². The van der Waals surface area contributed by atoms with Crippen LogP contribution in [0, 0.1) is 0 Å². The molecule has 1 aromatic carbocycles. The Morgan fingerprint density at radius 3 is 2.62 bits per heavy atom. The number of carbonyl (C=O) groups excluding carboxylic acids is 1. The molecule has 0 bridgehead atoms. The number of methoxy groups -OCH3 is 2. The second kappa shape index (κ2) is 8.08. The van der Waals surface area contributed by atoms with E-state index in [9.17, 15) is 4.79 Å². The van der Waals surface area contributed by atoms with Crippen molar-refractivity contribution in [2.45, 2.75) is 6.04 Å². The van der Waals surface area contributed by atoms with Crippen molar-refractivity contribution in [2.75, 3.05) is 34.9 Å². The summed E-state index contributed by atoms with van der Waals surface area (Å²) in [6, 6.07) is 6.78. The molecule has 1 heterocycles. The van der Waals surface area contributed by atoms with Crippen molar-refractivity contribution in [3.8, 4) is 11.5 Å². The highest BCUT2D eigenvalue weighted by atomic mass is 35.5. The summed E-state index contributed by atoms with van der Waals surface area (Å²) in [6.45, 7) is 0.394. The number of nitrogens with one attached hydrogen (secondary N) is 1. The van der Waals surface area contributed by atoms with E-state index in [1.54, 1.807) is 18.4 Å². The van der Waals surface area contributed by atoms with Gasteiger partial charge in [0.2, 0.25) is 0 Å². The van der Waals surface area contributed by atoms with Gasteiger partial charge in [-0.3, -0.25) is 9.69 Å². The van der Waals surface area contributed by atoms with E-state index in [1.807, 2.05) is 31.1 Å². The Labute approximate surface area is 146 Å². The van der Waals surface area contributed by atoms with Crippen LogP contribution in [-0.4, -0.2) is 45.7 Å². The van der Waals surface area contributed by atoms with E-state index in [4.69, 9.17) is 25.5 Å². The highest BCUT2D eigenvalue weighted by Gasteiger charge is 2.20. The number of ether oxygens (including phenoxy) is 2. The quantitative estimate of drug-likeness (QED) is 0.830. The zero-order valence-corrected chi connectivity index (χ0v) is 14.9. The monoisotopic (exact) mass is 352 g/mol. The van der Waals surface area contributed by atoms with E-state index in [0.29, 0.717) is 28.6 Å². The van der Waals surface area contributed by atoms with Crippen LogP contribution in [0.4, 0.5) is 0 Å². The molecule has 130 valence electrons. The summed E-state index contributed by atoms with van der Waals surface area (Å²) in [7, 11) is 6.84. The third kappa shape index (κ3) is 4.01. The second-order valence-electron chi connectivity index (χ2n) is 5.40. The maximum Gasteiger partial charge on any atom is 0.251 e. The molecule has 2 aromatic rings. The predicted octanol–water partition coefficient (Wildman–Crippen LogP) is 2.98. The largest absolute Gasteiger partial charge is 0.493 e. The van der Waals surface area contributed by atoms with E-state index in [0.717, 1.165) is 5.76 Å². The first kappa shape index (κ1) is 18.2. The Kier molecular flexibility index (Phi) is 6.11. The fraction of sp³-hybridized carbons (Fsp3) is 0.353. The number of benzene rings is 1. The molecule has 6 nitrogen and oxygen atoms in total. The lowest BCUT2D eigenvalue weighted by molar-refractivity contribution is 0.0938. The lowest BCUT2D eigenvalue weighted by Gasteiger charge is -2.22. The first-order valence-corrected chi connectivity index (χ1v) is 7.75. The third-order valence-electron chi connectivity index (χ3n) is 3.65. The molecule has 0 spiro atoms. The molecule has 0 saturated heterocycles. The van der Waals surface area contributed by atoms with Crippen LogP contribution in [0.3, 0.4) is 0 Å². The normalized spacial score (nSPS) is 12.1. The van der Waals surface area contributed by atoms with Gasteiger partial charge in [0.05, 0.1) is 31.5 Å². The summed E-state index contributed by atoms with van der Waals surface area (Å²) in [4.78, 5) is 14.4. The van der Waals surface area contributed by atoms with Gasteiger partial charge in [0.1, 0.15) is 5.76 Å². The second-order valence-corrected chi connectivity index (χ2v) is 5.81. The molecular weight excluding hydrogens is 332 g/mol. The number of furan rings is 1. The summed E-state index contributed by atoms with van der Waals surface area (Å²) < 4.78 is 15.8. The summed E-state index contributed by atoms with van der Waals surface area (Å²) in [6.07, 6.45) is 1.61. The van der Waals surface area contributed by atoms with Crippen molar-refractivity contribution >= 4 is 17.5 Å². The van der Waals surface area contributed by atoms with E-state index < -0.39 is 0 Å². The van der Waals surface area contributed by atoms with Crippen molar-refractivity contribution in [3.63, 3.8) is 0 Å². The molecule has 0 aliphatic rings. The Bertz CT molecular complexity index is 686. The number of carbonyl (C=O) groups is 1. The van der Waals surface area contributed by atoms with Gasteiger partial charge in [0, 0.05) is 12.1 Å². The Morgan fingerprint density at radius 1 is 1.33 bits per heavy atom. The average molecular weight is 353 g/mol. The highest BCUT2D eigenvalue weighted by molar-refractivity contribution is 6.32. The summed E-state index contributed by atoms with van der Waals surface area (Å²) in [5.41, 5.74) is 0.398. The topological polar surface area (TPSA) is 63.9 Å². The van der Waals surface area contributed by atoms with Crippen LogP contribution in [0.5, 0.6) is 11.5 Å². The van der Waals surface area contributed by atoms with Crippen LogP contribution < -0.4 is 14.8 Å². The molecule has 24 heavy (non-hydrogen) atoms. The van der Waals surface area contributed by atoms with Crippen molar-refractivity contribution in [1.82, 2.24) is 10.2 Å². The first-order valence-electron chi connectivity index (χ1n) is 7.37. The lowest BCUT2D eigenvalue weighted by Crippen LogP contribution is -2.34. The highest BCUT2D eigenvalue weighted by Crippen LogP contribution is 2.36. The minimum Gasteiger partial charge on any atom is -0.493 e. The van der Waals surface area contributed by atoms with Gasteiger partial charge in [0.15, 0.2) is 11.5 Å². The van der Waals surface area contributed by atoms with Crippen molar-refractivity contribution in [2.24, 2.45) is 0 Å². The smallest absolute Gasteiger partial charge is 0.251 e. The van der Waals surface area contributed by atoms with E-state index in [1.165, 1.54) is 14.2 Å². The number of likely N-dealkylation sites (N-methyl/N-ethyl adjacent to an activating group) is 1. The van der Waals surface area contributed by atoms with Crippen LogP contribution in [0.25, 0.3) is 0 Å². The molecule has 0 aliphatic carbocycles. The van der Waals surface area contributed by atoms with Gasteiger partial charge in [0.25, 0.3) is 5.91 Å². The van der Waals surface area contributed by atoms with Gasteiger partial charge >= 0.3 is 0 Å². The molecule has 2 rings (SSSR count). The van der Waals surface area contributed by atoms with Crippen LogP contribution in [-0.2, 0) is 0 Å². The summed E-state index contributed by atoms with van der Waals surface area (Å²) >= 11 is 6.14. The van der Waals surface area contributed by atoms with Gasteiger partial charge in [-0.05, 0) is 38.4 Å². The Balaban J connectivity index is 2.13. The third-order valence-corrected chi connectivity index (χ3v) is 3.93. The number of halogens is 1. The zero-order chi connectivity index (χ0) is 17.7. The zero-order valence-electron chi connectivity index (χ0n) is 14.1. The molecular formula is C17H21ClN2O4. The van der Waals surface area contributed by atoms with Crippen molar-refractivity contribution in [1.29, 1.82) is 0 Å². The number of nitrogens with zero attached hydrogens (tertiary/aromatic N) is 1. The van der Waals surface area contributed by atoms with Crippen LogP contribution in [0.2, 0.25) is 5.02 Å². The number of hydrogen-bond donors (Lipinski definition) is 1. The molecule has 1 aromatic heterocycles. The Hall–Kier alpha value is -2.18. The molecule has 0 fully saturated rings. The number of amides is 1. The molecule has 1 atom stereocenters. The maximum atomic E-state index is 12.4. The van der Waals surface area contributed by atoms with Gasteiger partial charge in [-0.15, -0.1) is 0 Å². The van der Waals surface area contributed by atoms with Crippen molar-refractivity contribution in [3.05, 3.63) is 46.9 Å². The minimum atomic E-state index is -0.253. The van der Waals surface area contributed by atoms with Gasteiger partial charge in [-0.25, -0.2) is 0 Å². The molecule has 0 saturated carbocycles. The molecule has 0 radical (unpaired) electrons. The summed E-state index contributed by atoms with van der Waals surface area (Å²) in [5, 5.41) is 3.21.